The predicted octanol–water partition coefficient (Wildman–Crippen LogP) is 4.73. The van der Waals surface area contributed by atoms with Gasteiger partial charge in [0, 0.05) is 32.9 Å². The van der Waals surface area contributed by atoms with Gasteiger partial charge in [0.15, 0.2) is 17.2 Å². The van der Waals surface area contributed by atoms with Crippen LogP contribution in [-0.2, 0) is 30.2 Å². The number of esters is 2. The molecule has 0 bridgehead atoms. The number of ether oxygens (including phenoxy) is 6. The molecule has 0 fully saturated rings. The lowest BCUT2D eigenvalue weighted by molar-refractivity contribution is -0.151. The van der Waals surface area contributed by atoms with Crippen LogP contribution < -0.4 is 19.5 Å². The first-order valence-corrected chi connectivity index (χ1v) is 14.7. The normalized spacial score (nSPS) is 12.3. The van der Waals surface area contributed by atoms with E-state index in [0.717, 1.165) is 24.2 Å². The van der Waals surface area contributed by atoms with Crippen LogP contribution >= 0.6 is 0 Å². The number of nitrogens with zero attached hydrogens (tertiary/aromatic N) is 1. The smallest absolute Gasteiger partial charge is 0.328 e. The Bertz CT molecular complexity index is 1350. The standard InChI is InChI=1S/C28H38N2O9.C6H6O/c1-18(15-22(12-14-34-4)16-21-7-9-23(35-5)10-8-21)39-28(33)19(2)30-27(32)25-26(38-17-37-20(3)31)24(36-6)11-13-29-25;7-6-4-2-1-3-5-6/h7-11,13,18-19,22H,12,14-17H2,1-6H3,(H,30,32);1-5,7H/t18?,19-,22?;/m0./s1. The SMILES string of the molecule is COCCC(Cc1ccc(OC)cc1)CC(C)OC(=O)[C@H](C)NC(=O)c1nccc(OC)c1OCOC(C)=O.Oc1ccccc1. The van der Waals surface area contributed by atoms with Gasteiger partial charge in [0.1, 0.15) is 17.5 Å². The number of carbonyl (C=O) groups excluding carboxylic acids is 3. The molecular weight excluding hydrogens is 596 g/mol. The number of amides is 1. The number of rotatable bonds is 16. The lowest BCUT2D eigenvalue weighted by Crippen LogP contribution is -2.41. The maximum absolute atomic E-state index is 12.9. The van der Waals surface area contributed by atoms with Crippen LogP contribution in [0, 0.1) is 5.92 Å². The summed E-state index contributed by atoms with van der Waals surface area (Å²) in [4.78, 5) is 40.8. The Morgan fingerprint density at radius 2 is 1.63 bits per heavy atom. The van der Waals surface area contributed by atoms with Gasteiger partial charge < -0.3 is 38.8 Å². The first kappa shape index (κ1) is 37.3. The van der Waals surface area contributed by atoms with Crippen molar-refractivity contribution >= 4 is 17.8 Å². The number of benzene rings is 2. The molecule has 3 rings (SSSR count). The van der Waals surface area contributed by atoms with Crippen LogP contribution in [0.25, 0.3) is 0 Å². The summed E-state index contributed by atoms with van der Waals surface area (Å²) in [7, 11) is 4.68. The number of methoxy groups -OCH3 is 3. The van der Waals surface area contributed by atoms with Crippen molar-refractivity contribution in [2.24, 2.45) is 5.92 Å². The number of pyridine rings is 1. The molecule has 0 aliphatic carbocycles. The maximum Gasteiger partial charge on any atom is 0.328 e. The number of nitrogens with one attached hydrogen (secondary N) is 1. The van der Waals surface area contributed by atoms with Crippen molar-refractivity contribution in [3.05, 3.63) is 78.1 Å². The zero-order chi connectivity index (χ0) is 33.9. The number of phenols is 1. The summed E-state index contributed by atoms with van der Waals surface area (Å²) >= 11 is 0. The first-order chi connectivity index (χ1) is 22.1. The molecule has 0 aliphatic rings. The van der Waals surface area contributed by atoms with E-state index < -0.39 is 36.8 Å². The summed E-state index contributed by atoms with van der Waals surface area (Å²) in [5, 5.41) is 11.2. The van der Waals surface area contributed by atoms with Gasteiger partial charge in [0.25, 0.3) is 5.91 Å². The van der Waals surface area contributed by atoms with E-state index in [0.29, 0.717) is 18.8 Å². The van der Waals surface area contributed by atoms with Crippen molar-refractivity contribution in [3.63, 3.8) is 0 Å². The quantitative estimate of drug-likeness (QED) is 0.165. The third-order valence-electron chi connectivity index (χ3n) is 6.62. The molecule has 46 heavy (non-hydrogen) atoms. The van der Waals surface area contributed by atoms with Crippen molar-refractivity contribution in [1.29, 1.82) is 0 Å². The molecule has 1 heterocycles. The average molecular weight is 641 g/mol. The molecule has 0 radical (unpaired) electrons. The lowest BCUT2D eigenvalue weighted by atomic mass is 9.91. The van der Waals surface area contributed by atoms with E-state index in [9.17, 15) is 14.4 Å². The van der Waals surface area contributed by atoms with Gasteiger partial charge in [-0.25, -0.2) is 9.78 Å². The molecule has 3 aromatic rings. The summed E-state index contributed by atoms with van der Waals surface area (Å²) in [5.41, 5.74) is 1.02. The summed E-state index contributed by atoms with van der Waals surface area (Å²) < 4.78 is 31.6. The number of carbonyl (C=O) groups is 3. The Balaban J connectivity index is 0.000000923. The van der Waals surface area contributed by atoms with E-state index in [1.54, 1.807) is 38.5 Å². The molecule has 1 aromatic heterocycles. The third-order valence-corrected chi connectivity index (χ3v) is 6.62. The number of aromatic nitrogens is 1. The summed E-state index contributed by atoms with van der Waals surface area (Å²) in [6.07, 6.45) is 3.18. The van der Waals surface area contributed by atoms with Gasteiger partial charge in [0.2, 0.25) is 6.79 Å². The molecule has 0 saturated carbocycles. The fourth-order valence-electron chi connectivity index (χ4n) is 4.32. The van der Waals surface area contributed by atoms with Crippen LogP contribution in [0.15, 0.2) is 66.9 Å². The minimum absolute atomic E-state index is 0.0211. The van der Waals surface area contributed by atoms with E-state index in [2.05, 4.69) is 10.3 Å². The van der Waals surface area contributed by atoms with Crippen LogP contribution in [0.1, 0.15) is 49.7 Å². The molecule has 3 atom stereocenters. The Morgan fingerprint density at radius 3 is 2.20 bits per heavy atom. The topological polar surface area (TPSA) is 152 Å². The summed E-state index contributed by atoms with van der Waals surface area (Å²) in [6, 6.07) is 17.1. The van der Waals surface area contributed by atoms with Gasteiger partial charge in [-0.15, -0.1) is 0 Å². The van der Waals surface area contributed by atoms with Gasteiger partial charge in [-0.05, 0) is 68.9 Å². The van der Waals surface area contributed by atoms with E-state index in [1.807, 2.05) is 37.3 Å². The zero-order valence-corrected chi connectivity index (χ0v) is 27.2. The monoisotopic (exact) mass is 640 g/mol. The zero-order valence-electron chi connectivity index (χ0n) is 27.2. The fourth-order valence-corrected chi connectivity index (χ4v) is 4.32. The molecule has 12 heteroatoms. The number of phenolic OH excluding ortho intramolecular Hbond substituents is 1. The molecule has 0 saturated heterocycles. The largest absolute Gasteiger partial charge is 0.508 e. The van der Waals surface area contributed by atoms with Gasteiger partial charge in [0.05, 0.1) is 20.3 Å². The second kappa shape index (κ2) is 20.2. The molecule has 0 spiro atoms. The average Bonchev–Trinajstić information content (AvgIpc) is 3.04. The minimum Gasteiger partial charge on any atom is -0.508 e. The van der Waals surface area contributed by atoms with E-state index in [1.165, 1.54) is 33.2 Å². The number of hydrogen-bond acceptors (Lipinski definition) is 11. The molecule has 0 aliphatic heterocycles. The van der Waals surface area contributed by atoms with Crippen molar-refractivity contribution in [1.82, 2.24) is 10.3 Å². The van der Waals surface area contributed by atoms with Crippen molar-refractivity contribution in [2.75, 3.05) is 34.7 Å². The fraction of sp³-hybridized carbons (Fsp3) is 0.412. The van der Waals surface area contributed by atoms with Crippen LogP contribution in [-0.4, -0.2) is 74.8 Å². The van der Waals surface area contributed by atoms with Crippen LogP contribution in [0.3, 0.4) is 0 Å². The lowest BCUT2D eigenvalue weighted by Gasteiger charge is -2.23. The highest BCUT2D eigenvalue weighted by molar-refractivity contribution is 5.98. The second-order valence-corrected chi connectivity index (χ2v) is 10.3. The van der Waals surface area contributed by atoms with Gasteiger partial charge >= 0.3 is 11.9 Å². The minimum atomic E-state index is -0.965. The van der Waals surface area contributed by atoms with E-state index in [4.69, 9.17) is 33.5 Å². The van der Waals surface area contributed by atoms with E-state index >= 15 is 0 Å². The van der Waals surface area contributed by atoms with Crippen molar-refractivity contribution in [3.8, 4) is 23.0 Å². The summed E-state index contributed by atoms with van der Waals surface area (Å²) in [5.74, 6) is -0.304. The van der Waals surface area contributed by atoms with E-state index in [-0.39, 0.29) is 23.1 Å². The molecule has 1 amide bonds. The van der Waals surface area contributed by atoms with Crippen molar-refractivity contribution in [2.45, 2.75) is 52.2 Å². The maximum atomic E-state index is 12.9. The van der Waals surface area contributed by atoms with Gasteiger partial charge in [-0.3, -0.25) is 9.59 Å². The second-order valence-electron chi connectivity index (χ2n) is 10.3. The molecule has 2 unspecified atom stereocenters. The molecule has 12 nitrogen and oxygen atoms in total. The van der Waals surface area contributed by atoms with Gasteiger partial charge in [-0.2, -0.15) is 0 Å². The Kier molecular flexibility index (Phi) is 16.4. The van der Waals surface area contributed by atoms with Crippen LogP contribution in [0.5, 0.6) is 23.0 Å². The first-order valence-electron chi connectivity index (χ1n) is 14.7. The molecular formula is C34H44N2O10. The van der Waals surface area contributed by atoms with Crippen LogP contribution in [0.2, 0.25) is 0 Å². The molecule has 250 valence electrons. The number of hydrogen-bond donors (Lipinski definition) is 2. The third kappa shape index (κ3) is 13.4. The Morgan fingerprint density at radius 1 is 0.935 bits per heavy atom. The predicted molar refractivity (Wildman–Crippen MR) is 170 cm³/mol. The van der Waals surface area contributed by atoms with Crippen molar-refractivity contribution < 1.29 is 47.9 Å². The molecule has 2 N–H and O–H groups in total. The highest BCUT2D eigenvalue weighted by Gasteiger charge is 2.26. The number of aromatic hydroxyl groups is 1. The highest BCUT2D eigenvalue weighted by atomic mass is 16.7. The Labute approximate surface area is 269 Å². The Hall–Kier alpha value is -4.84. The summed E-state index contributed by atoms with van der Waals surface area (Å²) in [6.45, 7) is 4.72. The highest BCUT2D eigenvalue weighted by Crippen LogP contribution is 2.29. The number of para-hydroxylation sites is 1. The molecule has 2 aromatic carbocycles. The van der Waals surface area contributed by atoms with Gasteiger partial charge in [-0.1, -0.05) is 30.3 Å². The van der Waals surface area contributed by atoms with Crippen LogP contribution in [0.4, 0.5) is 0 Å².